The molecule has 0 spiro atoms. The lowest BCUT2D eigenvalue weighted by Crippen LogP contribution is -2.44. The molecule has 0 bridgehead atoms. The number of aliphatic carboxylic acids is 1. The van der Waals surface area contributed by atoms with E-state index in [1.807, 2.05) is 24.3 Å². The monoisotopic (exact) mass is 585 g/mol. The molecule has 4 rings (SSSR count). The number of benzene rings is 2. The number of ether oxygens (including phenoxy) is 3. The SMILES string of the molecule is COc1cccc([C@H]2O[C@H](Cc3noc(C[C@@H](C)CC(=O)O)n3)C(=O)N(CC(C)(C)C)c3ccc(Cl)cc32)c1OC. The minimum Gasteiger partial charge on any atom is -0.493 e. The fourth-order valence-electron chi connectivity index (χ4n) is 4.99. The normalized spacial score (nSPS) is 18.0. The van der Waals surface area contributed by atoms with Gasteiger partial charge < -0.3 is 28.7 Å². The van der Waals surface area contributed by atoms with Crippen molar-refractivity contribution in [1.82, 2.24) is 10.1 Å². The highest BCUT2D eigenvalue weighted by atomic mass is 35.5. The van der Waals surface area contributed by atoms with Crippen molar-refractivity contribution >= 4 is 29.2 Å². The lowest BCUT2D eigenvalue weighted by molar-refractivity contribution is -0.138. The Morgan fingerprint density at radius 1 is 1.17 bits per heavy atom. The predicted molar refractivity (Wildman–Crippen MR) is 153 cm³/mol. The van der Waals surface area contributed by atoms with Crippen LogP contribution in [0.15, 0.2) is 40.9 Å². The molecule has 1 amide bonds. The Labute approximate surface area is 244 Å². The van der Waals surface area contributed by atoms with Crippen molar-refractivity contribution in [3.05, 3.63) is 64.3 Å². The summed E-state index contributed by atoms with van der Waals surface area (Å²) >= 11 is 6.49. The van der Waals surface area contributed by atoms with Crippen LogP contribution in [0, 0.1) is 11.3 Å². The highest BCUT2D eigenvalue weighted by molar-refractivity contribution is 6.30. The second-order valence-electron chi connectivity index (χ2n) is 11.5. The second-order valence-corrected chi connectivity index (χ2v) is 11.9. The first-order valence-corrected chi connectivity index (χ1v) is 13.8. The topological polar surface area (TPSA) is 124 Å². The van der Waals surface area contributed by atoms with Gasteiger partial charge in [-0.15, -0.1) is 0 Å². The number of nitrogens with zero attached hydrogens (tertiary/aromatic N) is 3. The second kappa shape index (κ2) is 12.5. The van der Waals surface area contributed by atoms with Crippen LogP contribution in [-0.4, -0.2) is 54.0 Å². The Morgan fingerprint density at radius 2 is 1.93 bits per heavy atom. The van der Waals surface area contributed by atoms with Gasteiger partial charge in [-0.1, -0.05) is 56.6 Å². The highest BCUT2D eigenvalue weighted by Crippen LogP contribution is 2.45. The summed E-state index contributed by atoms with van der Waals surface area (Å²) < 4.78 is 23.3. The van der Waals surface area contributed by atoms with Gasteiger partial charge in [0.2, 0.25) is 5.89 Å². The molecule has 1 aliphatic rings. The molecule has 0 unspecified atom stereocenters. The average Bonchev–Trinajstić information content (AvgIpc) is 3.30. The average molecular weight is 586 g/mol. The zero-order valence-electron chi connectivity index (χ0n) is 24.1. The van der Waals surface area contributed by atoms with E-state index in [1.54, 1.807) is 38.2 Å². The van der Waals surface area contributed by atoms with E-state index in [-0.39, 0.29) is 35.9 Å². The van der Waals surface area contributed by atoms with Gasteiger partial charge in [0, 0.05) is 47.6 Å². The minimum atomic E-state index is -0.980. The molecule has 0 aliphatic carbocycles. The number of carbonyl (C=O) groups is 2. The zero-order valence-corrected chi connectivity index (χ0v) is 24.9. The molecule has 0 radical (unpaired) electrons. The number of para-hydroxylation sites is 1. The zero-order chi connectivity index (χ0) is 29.9. The third-order valence-electron chi connectivity index (χ3n) is 6.68. The van der Waals surface area contributed by atoms with Gasteiger partial charge in [0.05, 0.1) is 14.2 Å². The van der Waals surface area contributed by atoms with E-state index in [4.69, 9.17) is 35.4 Å². The van der Waals surface area contributed by atoms with Crippen molar-refractivity contribution in [2.75, 3.05) is 25.7 Å². The molecule has 2 heterocycles. The molecule has 0 saturated heterocycles. The van der Waals surface area contributed by atoms with Gasteiger partial charge in [-0.2, -0.15) is 4.98 Å². The van der Waals surface area contributed by atoms with Gasteiger partial charge in [0.15, 0.2) is 17.3 Å². The van der Waals surface area contributed by atoms with Crippen LogP contribution in [0.4, 0.5) is 5.69 Å². The number of halogens is 1. The summed E-state index contributed by atoms with van der Waals surface area (Å²) in [5.41, 5.74) is 1.83. The first kappa shape index (κ1) is 30.3. The molecule has 41 heavy (non-hydrogen) atoms. The number of fused-ring (bicyclic) bond motifs is 1. The summed E-state index contributed by atoms with van der Waals surface area (Å²) in [6.45, 7) is 8.40. The Bertz CT molecular complexity index is 1400. The van der Waals surface area contributed by atoms with Crippen LogP contribution in [0.5, 0.6) is 11.5 Å². The maximum atomic E-state index is 14.2. The molecule has 220 valence electrons. The number of carboxylic acid groups (broad SMARTS) is 1. The molecule has 3 aromatic rings. The van der Waals surface area contributed by atoms with Crippen LogP contribution in [0.2, 0.25) is 5.02 Å². The van der Waals surface area contributed by atoms with Crippen LogP contribution in [0.25, 0.3) is 0 Å². The summed E-state index contributed by atoms with van der Waals surface area (Å²) in [4.78, 5) is 31.4. The molecule has 2 aromatic carbocycles. The van der Waals surface area contributed by atoms with E-state index >= 15 is 0 Å². The van der Waals surface area contributed by atoms with Crippen molar-refractivity contribution in [3.63, 3.8) is 0 Å². The number of carbonyl (C=O) groups excluding carboxylic acids is 1. The van der Waals surface area contributed by atoms with E-state index in [9.17, 15) is 9.59 Å². The minimum absolute atomic E-state index is 0.0193. The van der Waals surface area contributed by atoms with Gasteiger partial charge in [-0.05, 0) is 35.6 Å². The smallest absolute Gasteiger partial charge is 0.303 e. The molecule has 11 heteroatoms. The molecule has 0 fully saturated rings. The molecule has 1 aliphatic heterocycles. The molecule has 10 nitrogen and oxygen atoms in total. The number of aromatic nitrogens is 2. The fourth-order valence-corrected chi connectivity index (χ4v) is 5.17. The summed E-state index contributed by atoms with van der Waals surface area (Å²) in [5, 5.41) is 13.7. The Kier molecular flexibility index (Phi) is 9.24. The fraction of sp³-hybridized carbons (Fsp3) is 0.467. The van der Waals surface area contributed by atoms with Crippen molar-refractivity contribution in [2.45, 2.75) is 59.2 Å². The quantitative estimate of drug-likeness (QED) is 0.328. The summed E-state index contributed by atoms with van der Waals surface area (Å²) in [7, 11) is 3.11. The largest absolute Gasteiger partial charge is 0.493 e. The lowest BCUT2D eigenvalue weighted by Gasteiger charge is -2.31. The van der Waals surface area contributed by atoms with Gasteiger partial charge >= 0.3 is 5.97 Å². The van der Waals surface area contributed by atoms with Gasteiger partial charge in [0.25, 0.3) is 5.91 Å². The Balaban J connectivity index is 1.78. The van der Waals surface area contributed by atoms with Crippen LogP contribution in [0.1, 0.15) is 63.1 Å². The summed E-state index contributed by atoms with van der Waals surface area (Å²) in [6.07, 6.45) is -1.39. The van der Waals surface area contributed by atoms with Crippen LogP contribution < -0.4 is 14.4 Å². The molecule has 1 aromatic heterocycles. The third kappa shape index (κ3) is 7.18. The molecular formula is C30H36ClN3O7. The highest BCUT2D eigenvalue weighted by Gasteiger charge is 2.40. The maximum Gasteiger partial charge on any atom is 0.303 e. The summed E-state index contributed by atoms with van der Waals surface area (Å²) in [6, 6.07) is 10.9. The number of carboxylic acids is 1. The number of hydrogen-bond donors (Lipinski definition) is 1. The standard InChI is InChI=1S/C30H36ClN3O7/c1-17(13-26(35)36)12-25-32-24(33-41-25)15-23-29(37)34(16-30(2,3)4)21-11-10-18(31)14-20(21)27(40-23)19-8-7-9-22(38-5)28(19)39-6/h7-11,14,17,23,27H,12-13,15-16H2,1-6H3,(H,35,36)/t17-,23-,27-/m1/s1. The number of hydrogen-bond acceptors (Lipinski definition) is 8. The lowest BCUT2D eigenvalue weighted by atomic mass is 9.94. The Morgan fingerprint density at radius 3 is 2.59 bits per heavy atom. The Hall–Kier alpha value is -3.63. The van der Waals surface area contributed by atoms with E-state index in [0.717, 1.165) is 0 Å². The summed E-state index contributed by atoms with van der Waals surface area (Å²) in [5.74, 6) is 0.262. The maximum absolute atomic E-state index is 14.2. The molecule has 3 atom stereocenters. The molecule has 1 N–H and O–H groups in total. The van der Waals surface area contributed by atoms with E-state index < -0.39 is 18.2 Å². The number of rotatable bonds is 10. The third-order valence-corrected chi connectivity index (χ3v) is 6.91. The predicted octanol–water partition coefficient (Wildman–Crippen LogP) is 5.50. The van der Waals surface area contributed by atoms with Crippen LogP contribution in [0.3, 0.4) is 0 Å². The van der Waals surface area contributed by atoms with E-state index in [0.29, 0.717) is 52.2 Å². The first-order chi connectivity index (χ1) is 19.4. The first-order valence-electron chi connectivity index (χ1n) is 13.4. The van der Waals surface area contributed by atoms with Crippen molar-refractivity contribution in [3.8, 4) is 11.5 Å². The number of amides is 1. The number of anilines is 1. The van der Waals surface area contributed by atoms with Crippen LogP contribution >= 0.6 is 11.6 Å². The van der Waals surface area contributed by atoms with Crippen molar-refractivity contribution in [2.24, 2.45) is 11.3 Å². The van der Waals surface area contributed by atoms with Gasteiger partial charge in [0.1, 0.15) is 12.2 Å². The van der Waals surface area contributed by atoms with Crippen molar-refractivity contribution in [1.29, 1.82) is 0 Å². The van der Waals surface area contributed by atoms with Gasteiger partial charge in [-0.25, -0.2) is 0 Å². The van der Waals surface area contributed by atoms with E-state index in [1.165, 1.54) is 0 Å². The van der Waals surface area contributed by atoms with Crippen molar-refractivity contribution < 1.29 is 33.4 Å². The van der Waals surface area contributed by atoms with E-state index in [2.05, 4.69) is 30.9 Å². The molecular weight excluding hydrogens is 550 g/mol. The number of methoxy groups -OCH3 is 2. The van der Waals surface area contributed by atoms with Crippen LogP contribution in [-0.2, 0) is 27.2 Å². The van der Waals surface area contributed by atoms with Gasteiger partial charge in [-0.3, -0.25) is 9.59 Å². The molecule has 0 saturated carbocycles.